The number of aliphatic hydroxyl groups excluding tert-OH is 1. The minimum atomic E-state index is 0.175. The molecular weight excluding hydrogens is 256 g/mol. The molecule has 0 aliphatic heterocycles. The summed E-state index contributed by atoms with van der Waals surface area (Å²) in [6, 6.07) is 8.64. The Kier molecular flexibility index (Phi) is 6.75. The smallest absolute Gasteiger partial charge is 0.103 e. The van der Waals surface area contributed by atoms with Gasteiger partial charge in [0.25, 0.3) is 0 Å². The fourth-order valence-electron chi connectivity index (χ4n) is 2.04. The third-order valence-electron chi connectivity index (χ3n) is 2.91. The molecule has 1 N–H and O–H groups in total. The van der Waals surface area contributed by atoms with E-state index in [1.54, 1.807) is 11.8 Å². The van der Waals surface area contributed by atoms with Gasteiger partial charge < -0.3 is 10.0 Å². The summed E-state index contributed by atoms with van der Waals surface area (Å²) in [5.41, 5.74) is 1.73. The standard InChI is InChI=1S/C15H22N2OS/c1-4-19-15-8-5-7-14(13(15)11-16)17(12(2)3)9-6-10-18/h5,7-8,12,18H,4,6,9-10H2,1-3H3. The van der Waals surface area contributed by atoms with E-state index in [1.165, 1.54) is 0 Å². The second kappa shape index (κ2) is 8.08. The predicted octanol–water partition coefficient (Wildman–Crippen LogP) is 3.27. The zero-order chi connectivity index (χ0) is 14.3. The van der Waals surface area contributed by atoms with Crippen molar-refractivity contribution in [3.05, 3.63) is 23.8 Å². The van der Waals surface area contributed by atoms with E-state index in [1.807, 2.05) is 18.2 Å². The van der Waals surface area contributed by atoms with Gasteiger partial charge in [-0.05, 0) is 38.2 Å². The van der Waals surface area contributed by atoms with E-state index >= 15 is 0 Å². The Morgan fingerprint density at radius 3 is 2.68 bits per heavy atom. The Bertz CT molecular complexity index is 440. The number of thioether (sulfide) groups is 1. The minimum absolute atomic E-state index is 0.175. The topological polar surface area (TPSA) is 47.3 Å². The highest BCUT2D eigenvalue weighted by Gasteiger charge is 2.16. The molecule has 0 aliphatic rings. The number of nitrogens with zero attached hydrogens (tertiary/aromatic N) is 2. The largest absolute Gasteiger partial charge is 0.396 e. The van der Waals surface area contributed by atoms with Crippen LogP contribution in [0.15, 0.2) is 23.1 Å². The molecule has 0 amide bonds. The lowest BCUT2D eigenvalue weighted by Crippen LogP contribution is -2.32. The van der Waals surface area contributed by atoms with Gasteiger partial charge in [0.15, 0.2) is 0 Å². The number of anilines is 1. The number of nitriles is 1. The summed E-state index contributed by atoms with van der Waals surface area (Å²) < 4.78 is 0. The highest BCUT2D eigenvalue weighted by atomic mass is 32.2. The molecule has 0 saturated carbocycles. The van der Waals surface area contributed by atoms with Gasteiger partial charge in [0.2, 0.25) is 0 Å². The molecule has 104 valence electrons. The van der Waals surface area contributed by atoms with Gasteiger partial charge in [0.05, 0.1) is 11.3 Å². The molecule has 1 rings (SSSR count). The van der Waals surface area contributed by atoms with Crippen LogP contribution in [0, 0.1) is 11.3 Å². The minimum Gasteiger partial charge on any atom is -0.396 e. The van der Waals surface area contributed by atoms with Crippen LogP contribution in [0.1, 0.15) is 32.8 Å². The van der Waals surface area contributed by atoms with Crippen LogP contribution in [0.5, 0.6) is 0 Å². The molecule has 0 saturated heterocycles. The Balaban J connectivity index is 3.15. The summed E-state index contributed by atoms with van der Waals surface area (Å²) in [5.74, 6) is 0.955. The second-order valence-corrected chi connectivity index (χ2v) is 5.87. The summed E-state index contributed by atoms with van der Waals surface area (Å²) in [7, 11) is 0. The normalized spacial score (nSPS) is 10.5. The van der Waals surface area contributed by atoms with E-state index < -0.39 is 0 Å². The van der Waals surface area contributed by atoms with Crippen LogP contribution in [-0.4, -0.2) is 30.1 Å². The highest BCUT2D eigenvalue weighted by molar-refractivity contribution is 7.99. The molecular formula is C15H22N2OS. The SMILES string of the molecule is CCSc1cccc(N(CCCO)C(C)C)c1C#N. The van der Waals surface area contributed by atoms with Crippen LogP contribution in [0.25, 0.3) is 0 Å². The van der Waals surface area contributed by atoms with Crippen molar-refractivity contribution >= 4 is 17.4 Å². The summed E-state index contributed by atoms with van der Waals surface area (Å²) in [6.07, 6.45) is 0.716. The first-order chi connectivity index (χ1) is 9.15. The highest BCUT2D eigenvalue weighted by Crippen LogP contribution is 2.31. The van der Waals surface area contributed by atoms with Gasteiger partial charge in [-0.15, -0.1) is 11.8 Å². The summed E-state index contributed by atoms with van der Waals surface area (Å²) >= 11 is 1.70. The first kappa shape index (κ1) is 15.9. The van der Waals surface area contributed by atoms with Crippen LogP contribution in [0.2, 0.25) is 0 Å². The average molecular weight is 278 g/mol. The number of rotatable bonds is 7. The fraction of sp³-hybridized carbons (Fsp3) is 0.533. The molecule has 0 heterocycles. The summed E-state index contributed by atoms with van der Waals surface area (Å²) in [5, 5.41) is 18.5. The third kappa shape index (κ3) is 4.15. The van der Waals surface area contributed by atoms with E-state index in [0.29, 0.717) is 12.5 Å². The lowest BCUT2D eigenvalue weighted by atomic mass is 10.1. The Hall–Kier alpha value is -1.18. The molecule has 0 bridgehead atoms. The Morgan fingerprint density at radius 1 is 1.42 bits per heavy atom. The molecule has 1 aromatic rings. The maximum Gasteiger partial charge on any atom is 0.103 e. The predicted molar refractivity (Wildman–Crippen MR) is 81.7 cm³/mol. The van der Waals surface area contributed by atoms with Gasteiger partial charge in [0.1, 0.15) is 6.07 Å². The van der Waals surface area contributed by atoms with Crippen molar-refractivity contribution in [1.29, 1.82) is 5.26 Å². The summed E-state index contributed by atoms with van der Waals surface area (Å²) in [6.45, 7) is 7.25. The molecule has 3 nitrogen and oxygen atoms in total. The molecule has 1 aromatic carbocycles. The van der Waals surface area contributed by atoms with Crippen molar-refractivity contribution in [2.45, 2.75) is 38.1 Å². The molecule has 0 atom stereocenters. The number of benzene rings is 1. The van der Waals surface area contributed by atoms with E-state index in [9.17, 15) is 5.26 Å². The van der Waals surface area contributed by atoms with Crippen LogP contribution in [-0.2, 0) is 0 Å². The molecule has 4 heteroatoms. The number of aliphatic hydroxyl groups is 1. The molecule has 19 heavy (non-hydrogen) atoms. The van der Waals surface area contributed by atoms with Crippen molar-refractivity contribution in [3.63, 3.8) is 0 Å². The van der Waals surface area contributed by atoms with Crippen molar-refractivity contribution in [1.82, 2.24) is 0 Å². The van der Waals surface area contributed by atoms with Gasteiger partial charge in [-0.25, -0.2) is 0 Å². The Labute approximate surface area is 120 Å². The van der Waals surface area contributed by atoms with Crippen molar-refractivity contribution < 1.29 is 5.11 Å². The van der Waals surface area contributed by atoms with Crippen LogP contribution < -0.4 is 4.90 Å². The first-order valence-corrected chi connectivity index (χ1v) is 7.67. The molecule has 0 fully saturated rings. The lowest BCUT2D eigenvalue weighted by molar-refractivity contribution is 0.288. The number of hydrogen-bond donors (Lipinski definition) is 1. The van der Waals surface area contributed by atoms with Crippen molar-refractivity contribution in [2.75, 3.05) is 23.8 Å². The molecule has 0 radical (unpaired) electrons. The van der Waals surface area contributed by atoms with Gasteiger partial charge in [-0.2, -0.15) is 5.26 Å². The van der Waals surface area contributed by atoms with E-state index in [4.69, 9.17) is 5.11 Å². The molecule has 0 unspecified atom stereocenters. The first-order valence-electron chi connectivity index (χ1n) is 6.69. The van der Waals surface area contributed by atoms with Crippen LogP contribution >= 0.6 is 11.8 Å². The van der Waals surface area contributed by atoms with E-state index in [0.717, 1.165) is 28.4 Å². The van der Waals surface area contributed by atoms with Crippen LogP contribution in [0.4, 0.5) is 5.69 Å². The second-order valence-electron chi connectivity index (χ2n) is 4.56. The number of hydrogen-bond acceptors (Lipinski definition) is 4. The summed E-state index contributed by atoms with van der Waals surface area (Å²) in [4.78, 5) is 3.23. The van der Waals surface area contributed by atoms with Gasteiger partial charge >= 0.3 is 0 Å². The zero-order valence-corrected chi connectivity index (χ0v) is 12.7. The lowest BCUT2D eigenvalue weighted by Gasteiger charge is -2.30. The molecule has 0 aliphatic carbocycles. The third-order valence-corrected chi connectivity index (χ3v) is 3.85. The maximum absolute atomic E-state index is 9.44. The van der Waals surface area contributed by atoms with Crippen molar-refractivity contribution in [3.8, 4) is 6.07 Å². The van der Waals surface area contributed by atoms with Crippen LogP contribution in [0.3, 0.4) is 0 Å². The van der Waals surface area contributed by atoms with E-state index in [2.05, 4.69) is 31.7 Å². The molecule has 0 aromatic heterocycles. The zero-order valence-electron chi connectivity index (χ0n) is 11.9. The van der Waals surface area contributed by atoms with Gasteiger partial charge in [-0.3, -0.25) is 0 Å². The fourth-order valence-corrected chi connectivity index (χ4v) is 2.83. The van der Waals surface area contributed by atoms with Gasteiger partial charge in [0, 0.05) is 24.1 Å². The quantitative estimate of drug-likeness (QED) is 0.778. The van der Waals surface area contributed by atoms with Gasteiger partial charge in [-0.1, -0.05) is 13.0 Å². The van der Waals surface area contributed by atoms with E-state index in [-0.39, 0.29) is 6.61 Å². The molecule has 0 spiro atoms. The average Bonchev–Trinajstić information content (AvgIpc) is 2.39. The monoisotopic (exact) mass is 278 g/mol. The van der Waals surface area contributed by atoms with Crippen molar-refractivity contribution in [2.24, 2.45) is 0 Å². The maximum atomic E-state index is 9.44. The Morgan fingerprint density at radius 2 is 2.16 bits per heavy atom.